The van der Waals surface area contributed by atoms with Crippen molar-refractivity contribution in [2.75, 3.05) is 7.05 Å². The zero-order chi connectivity index (χ0) is 12.3. The molecular formula is C14H18N2S. The van der Waals surface area contributed by atoms with Gasteiger partial charge in [0, 0.05) is 17.3 Å². The van der Waals surface area contributed by atoms with Crippen LogP contribution in [0.2, 0.25) is 0 Å². The number of hydrogen-bond acceptors (Lipinski definition) is 3. The van der Waals surface area contributed by atoms with Gasteiger partial charge in [0.05, 0.1) is 10.7 Å². The van der Waals surface area contributed by atoms with E-state index in [4.69, 9.17) is 0 Å². The number of nitrogens with one attached hydrogen (secondary N) is 1. The van der Waals surface area contributed by atoms with E-state index in [9.17, 15) is 0 Å². The average Bonchev–Trinajstić information content (AvgIpc) is 2.70. The minimum atomic E-state index is 0.386. The van der Waals surface area contributed by atoms with Gasteiger partial charge in [0.25, 0.3) is 0 Å². The molecule has 0 amide bonds. The number of rotatable bonds is 4. The van der Waals surface area contributed by atoms with Crippen molar-refractivity contribution in [2.45, 2.75) is 26.3 Å². The Balaban J connectivity index is 2.18. The van der Waals surface area contributed by atoms with Crippen LogP contribution in [-0.2, 0) is 6.42 Å². The van der Waals surface area contributed by atoms with Crippen molar-refractivity contribution in [1.29, 1.82) is 0 Å². The Morgan fingerprint density at radius 3 is 2.65 bits per heavy atom. The minimum absolute atomic E-state index is 0.386. The molecule has 1 atom stereocenters. The van der Waals surface area contributed by atoms with E-state index in [-0.39, 0.29) is 0 Å². The first-order valence-corrected chi connectivity index (χ1v) is 6.69. The topological polar surface area (TPSA) is 24.9 Å². The predicted molar refractivity (Wildman–Crippen MR) is 73.6 cm³/mol. The van der Waals surface area contributed by atoms with E-state index in [1.165, 1.54) is 15.4 Å². The Morgan fingerprint density at radius 2 is 2.00 bits per heavy atom. The lowest BCUT2D eigenvalue weighted by atomic mass is 10.2. The summed E-state index contributed by atoms with van der Waals surface area (Å²) in [5.41, 5.74) is 2.48. The molecule has 1 unspecified atom stereocenters. The van der Waals surface area contributed by atoms with Crippen molar-refractivity contribution in [3.63, 3.8) is 0 Å². The van der Waals surface area contributed by atoms with E-state index in [2.05, 4.69) is 48.4 Å². The van der Waals surface area contributed by atoms with Gasteiger partial charge in [-0.2, -0.15) is 0 Å². The smallest absolute Gasteiger partial charge is 0.0975 e. The van der Waals surface area contributed by atoms with Crippen LogP contribution < -0.4 is 5.32 Å². The molecule has 17 heavy (non-hydrogen) atoms. The number of aromatic nitrogens is 1. The monoisotopic (exact) mass is 246 g/mol. The van der Waals surface area contributed by atoms with Gasteiger partial charge in [-0.1, -0.05) is 30.3 Å². The molecule has 3 heteroatoms. The summed E-state index contributed by atoms with van der Waals surface area (Å²) in [5, 5.41) is 4.47. The second kappa shape index (κ2) is 5.43. The fourth-order valence-corrected chi connectivity index (χ4v) is 3.01. The largest absolute Gasteiger partial charge is 0.312 e. The number of nitrogens with zero attached hydrogens (tertiary/aromatic N) is 1. The van der Waals surface area contributed by atoms with Gasteiger partial charge in [0.2, 0.25) is 0 Å². The quantitative estimate of drug-likeness (QED) is 0.895. The van der Waals surface area contributed by atoms with E-state index < -0.39 is 0 Å². The van der Waals surface area contributed by atoms with Crippen molar-refractivity contribution < 1.29 is 0 Å². The first-order chi connectivity index (χ1) is 8.20. The summed E-state index contributed by atoms with van der Waals surface area (Å²) < 4.78 is 0. The standard InChI is InChI=1S/C14H18N2S/c1-10(15-3)14-11(2)16-13(17-14)9-12-7-5-4-6-8-12/h4-8,10,15H,9H2,1-3H3. The molecule has 0 fully saturated rings. The maximum absolute atomic E-state index is 4.65. The Bertz CT molecular complexity index is 476. The molecule has 0 saturated carbocycles. The first kappa shape index (κ1) is 12.3. The van der Waals surface area contributed by atoms with E-state index in [1.54, 1.807) is 0 Å². The molecule has 0 aliphatic carbocycles. The molecular weight excluding hydrogens is 228 g/mol. The number of thiazole rings is 1. The minimum Gasteiger partial charge on any atom is -0.312 e. The molecule has 1 aromatic heterocycles. The van der Waals surface area contributed by atoms with Crippen LogP contribution >= 0.6 is 11.3 Å². The highest BCUT2D eigenvalue weighted by molar-refractivity contribution is 7.11. The number of benzene rings is 1. The molecule has 2 nitrogen and oxygen atoms in total. The molecule has 1 N–H and O–H groups in total. The van der Waals surface area contributed by atoms with Crippen LogP contribution in [0, 0.1) is 6.92 Å². The van der Waals surface area contributed by atoms with Crippen LogP contribution in [0.15, 0.2) is 30.3 Å². The van der Waals surface area contributed by atoms with Crippen molar-refractivity contribution >= 4 is 11.3 Å². The fourth-order valence-electron chi connectivity index (χ4n) is 1.84. The summed E-state index contributed by atoms with van der Waals surface area (Å²) in [4.78, 5) is 6.00. The van der Waals surface area contributed by atoms with Crippen molar-refractivity contribution in [2.24, 2.45) is 0 Å². The van der Waals surface area contributed by atoms with Crippen LogP contribution in [-0.4, -0.2) is 12.0 Å². The highest BCUT2D eigenvalue weighted by Gasteiger charge is 2.12. The molecule has 90 valence electrons. The van der Waals surface area contributed by atoms with Gasteiger partial charge in [0.1, 0.15) is 0 Å². The molecule has 0 aliphatic rings. The van der Waals surface area contributed by atoms with E-state index in [1.807, 2.05) is 24.5 Å². The lowest BCUT2D eigenvalue weighted by Crippen LogP contribution is -2.11. The van der Waals surface area contributed by atoms with Crippen molar-refractivity contribution in [3.05, 3.63) is 51.5 Å². The Hall–Kier alpha value is -1.19. The molecule has 2 rings (SSSR count). The molecule has 0 spiro atoms. The third-order valence-electron chi connectivity index (χ3n) is 2.90. The van der Waals surface area contributed by atoms with Gasteiger partial charge in [-0.15, -0.1) is 11.3 Å². The average molecular weight is 246 g/mol. The summed E-state index contributed by atoms with van der Waals surface area (Å²) in [6.45, 7) is 4.26. The highest BCUT2D eigenvalue weighted by atomic mass is 32.1. The van der Waals surface area contributed by atoms with E-state index in [0.29, 0.717) is 6.04 Å². The number of hydrogen-bond donors (Lipinski definition) is 1. The van der Waals surface area contributed by atoms with Crippen molar-refractivity contribution in [1.82, 2.24) is 10.3 Å². The van der Waals surface area contributed by atoms with E-state index in [0.717, 1.165) is 12.1 Å². The van der Waals surface area contributed by atoms with Crippen LogP contribution in [0.25, 0.3) is 0 Å². The van der Waals surface area contributed by atoms with E-state index >= 15 is 0 Å². The Labute approximate surface area is 107 Å². The molecule has 0 saturated heterocycles. The summed E-state index contributed by atoms with van der Waals surface area (Å²) in [7, 11) is 1.99. The molecule has 1 heterocycles. The summed E-state index contributed by atoms with van der Waals surface area (Å²) in [6.07, 6.45) is 0.933. The second-order valence-corrected chi connectivity index (χ2v) is 5.35. The van der Waals surface area contributed by atoms with Gasteiger partial charge < -0.3 is 5.32 Å². The van der Waals surface area contributed by atoms with Crippen LogP contribution in [0.5, 0.6) is 0 Å². The van der Waals surface area contributed by atoms with Crippen LogP contribution in [0.4, 0.5) is 0 Å². The Kier molecular flexibility index (Phi) is 3.92. The third-order valence-corrected chi connectivity index (χ3v) is 4.24. The number of aryl methyl sites for hydroxylation is 1. The summed E-state index contributed by atoms with van der Waals surface area (Å²) in [5.74, 6) is 0. The lowest BCUT2D eigenvalue weighted by molar-refractivity contribution is 0.658. The molecule has 1 aromatic carbocycles. The van der Waals surface area contributed by atoms with Gasteiger partial charge in [-0.3, -0.25) is 0 Å². The van der Waals surface area contributed by atoms with Gasteiger partial charge in [-0.05, 0) is 26.5 Å². The van der Waals surface area contributed by atoms with Gasteiger partial charge in [-0.25, -0.2) is 4.98 Å². The summed E-state index contributed by atoms with van der Waals surface area (Å²) in [6, 6.07) is 10.9. The maximum Gasteiger partial charge on any atom is 0.0975 e. The maximum atomic E-state index is 4.65. The lowest BCUT2D eigenvalue weighted by Gasteiger charge is -2.06. The van der Waals surface area contributed by atoms with Gasteiger partial charge >= 0.3 is 0 Å². The molecule has 0 radical (unpaired) electrons. The SMILES string of the molecule is CNC(C)c1sc(Cc2ccccc2)nc1C. The normalized spacial score (nSPS) is 12.6. The summed E-state index contributed by atoms with van der Waals surface area (Å²) >= 11 is 1.81. The fraction of sp³-hybridized carbons (Fsp3) is 0.357. The molecule has 0 aliphatic heterocycles. The molecule has 0 bridgehead atoms. The van der Waals surface area contributed by atoms with Crippen LogP contribution in [0.3, 0.4) is 0 Å². The highest BCUT2D eigenvalue weighted by Crippen LogP contribution is 2.26. The second-order valence-electron chi connectivity index (χ2n) is 4.23. The van der Waals surface area contributed by atoms with Crippen LogP contribution in [0.1, 0.15) is 34.1 Å². The van der Waals surface area contributed by atoms with Crippen molar-refractivity contribution in [3.8, 4) is 0 Å². The first-order valence-electron chi connectivity index (χ1n) is 5.88. The third kappa shape index (κ3) is 2.93. The zero-order valence-corrected chi connectivity index (χ0v) is 11.3. The Morgan fingerprint density at radius 1 is 1.29 bits per heavy atom. The predicted octanol–water partition coefficient (Wildman–Crippen LogP) is 3.32. The van der Waals surface area contributed by atoms with Gasteiger partial charge in [0.15, 0.2) is 0 Å². The zero-order valence-electron chi connectivity index (χ0n) is 10.5. The molecule has 2 aromatic rings.